The highest BCUT2D eigenvalue weighted by Gasteiger charge is 2.45. The molecule has 1 aliphatic carbocycles. The number of ketones is 1. The fourth-order valence-corrected chi connectivity index (χ4v) is 2.98. The van der Waals surface area contributed by atoms with Crippen molar-refractivity contribution in [2.75, 3.05) is 13.7 Å². The smallest absolute Gasteiger partial charge is 0.316 e. The Hall–Kier alpha value is -2.24. The summed E-state index contributed by atoms with van der Waals surface area (Å²) in [7, 11) is 1.20. The van der Waals surface area contributed by atoms with Crippen molar-refractivity contribution < 1.29 is 19.2 Å². The third kappa shape index (κ3) is 3.26. The first-order valence-electron chi connectivity index (χ1n) is 6.83. The van der Waals surface area contributed by atoms with Crippen LogP contribution in [0.3, 0.4) is 0 Å². The van der Waals surface area contributed by atoms with Gasteiger partial charge in [-0.3, -0.25) is 19.7 Å². The van der Waals surface area contributed by atoms with Crippen molar-refractivity contribution in [3.63, 3.8) is 0 Å². The lowest BCUT2D eigenvalue weighted by molar-refractivity contribution is -0.489. The minimum absolute atomic E-state index is 0.272. The zero-order chi connectivity index (χ0) is 15.4. The summed E-state index contributed by atoms with van der Waals surface area (Å²) in [5, 5.41) is 10.7. The number of rotatable bonds is 4. The van der Waals surface area contributed by atoms with Gasteiger partial charge in [-0.15, -0.1) is 0 Å². The van der Waals surface area contributed by atoms with Gasteiger partial charge in [0.25, 0.3) is 0 Å². The molecule has 1 saturated carbocycles. The summed E-state index contributed by atoms with van der Waals surface area (Å²) in [5.74, 6) is -2.96. The average Bonchev–Trinajstić information content (AvgIpc) is 2.47. The number of carbonyl (C=O) groups excluding carboxylic acids is 2. The van der Waals surface area contributed by atoms with Crippen molar-refractivity contribution in [3.05, 3.63) is 46.0 Å². The van der Waals surface area contributed by atoms with Gasteiger partial charge in [-0.25, -0.2) is 0 Å². The van der Waals surface area contributed by atoms with Crippen LogP contribution in [-0.2, 0) is 14.3 Å². The monoisotopic (exact) mass is 291 g/mol. The van der Waals surface area contributed by atoms with Crippen molar-refractivity contribution in [2.45, 2.75) is 18.8 Å². The molecule has 3 atom stereocenters. The van der Waals surface area contributed by atoms with E-state index in [1.807, 2.05) is 30.3 Å². The van der Waals surface area contributed by atoms with Crippen molar-refractivity contribution in [3.8, 4) is 0 Å². The Bertz CT molecular complexity index is 542. The van der Waals surface area contributed by atoms with Crippen LogP contribution in [0.15, 0.2) is 30.3 Å². The van der Waals surface area contributed by atoms with Crippen LogP contribution in [0.2, 0.25) is 0 Å². The highest BCUT2D eigenvalue weighted by Crippen LogP contribution is 2.37. The summed E-state index contributed by atoms with van der Waals surface area (Å²) < 4.78 is 4.67. The molecule has 0 radical (unpaired) electrons. The topological polar surface area (TPSA) is 86.5 Å². The Balaban J connectivity index is 2.26. The Labute approximate surface area is 122 Å². The number of Topliss-reactive ketones (excluding diaryl/α,β-unsaturated/α-hetero) is 1. The number of nitrogens with zero attached hydrogens (tertiary/aromatic N) is 1. The Morgan fingerprint density at radius 1 is 1.33 bits per heavy atom. The molecule has 0 heterocycles. The molecule has 0 bridgehead atoms. The van der Waals surface area contributed by atoms with E-state index in [2.05, 4.69) is 4.74 Å². The number of hydrogen-bond donors (Lipinski definition) is 0. The molecule has 6 heteroatoms. The fraction of sp³-hybridized carbons (Fsp3) is 0.467. The molecule has 0 spiro atoms. The van der Waals surface area contributed by atoms with Gasteiger partial charge in [-0.2, -0.15) is 0 Å². The summed E-state index contributed by atoms with van der Waals surface area (Å²) in [6, 6.07) is 9.19. The zero-order valence-corrected chi connectivity index (χ0v) is 11.7. The van der Waals surface area contributed by atoms with E-state index in [0.29, 0.717) is 12.8 Å². The summed E-state index contributed by atoms with van der Waals surface area (Å²) in [6.45, 7) is -0.382. The first-order chi connectivity index (χ1) is 10.0. The lowest BCUT2D eigenvalue weighted by Gasteiger charge is -2.31. The first-order valence-corrected chi connectivity index (χ1v) is 6.83. The molecule has 1 aliphatic rings. The third-order valence-electron chi connectivity index (χ3n) is 3.99. The standard InChI is InChI=1S/C15H17NO5/c1-21-15(18)13-11(9-16(19)20)7-8-12(14(13)17)10-5-3-2-4-6-10/h2-6,11-13H,7-9H2,1H3. The molecule has 0 aromatic heterocycles. The van der Waals surface area contributed by atoms with Crippen LogP contribution in [0.5, 0.6) is 0 Å². The van der Waals surface area contributed by atoms with Gasteiger partial charge >= 0.3 is 5.97 Å². The van der Waals surface area contributed by atoms with Gasteiger partial charge in [-0.05, 0) is 18.4 Å². The molecular formula is C15H17NO5. The van der Waals surface area contributed by atoms with Crippen LogP contribution in [0.25, 0.3) is 0 Å². The molecule has 6 nitrogen and oxygen atoms in total. The first kappa shape index (κ1) is 15.2. The molecule has 0 saturated heterocycles. The van der Waals surface area contributed by atoms with Gasteiger partial charge in [0, 0.05) is 16.8 Å². The van der Waals surface area contributed by atoms with Gasteiger partial charge < -0.3 is 4.74 Å². The lowest BCUT2D eigenvalue weighted by Crippen LogP contribution is -2.42. The highest BCUT2D eigenvalue weighted by molar-refractivity contribution is 6.03. The third-order valence-corrected chi connectivity index (χ3v) is 3.99. The number of carbonyl (C=O) groups is 2. The number of hydrogen-bond acceptors (Lipinski definition) is 5. The molecule has 3 unspecified atom stereocenters. The maximum Gasteiger partial charge on any atom is 0.316 e. The van der Waals surface area contributed by atoms with Crippen LogP contribution in [0, 0.1) is 22.0 Å². The van der Waals surface area contributed by atoms with E-state index >= 15 is 0 Å². The van der Waals surface area contributed by atoms with Crippen LogP contribution >= 0.6 is 0 Å². The van der Waals surface area contributed by atoms with Crippen LogP contribution in [-0.4, -0.2) is 30.3 Å². The van der Waals surface area contributed by atoms with Gasteiger partial charge in [0.2, 0.25) is 6.54 Å². The SMILES string of the molecule is COC(=O)C1C(=O)C(c2ccccc2)CCC1C[N+](=O)[O-]. The predicted molar refractivity (Wildman–Crippen MR) is 74.3 cm³/mol. The number of methoxy groups -OCH3 is 1. The van der Waals surface area contributed by atoms with Gasteiger partial charge in [-0.1, -0.05) is 30.3 Å². The van der Waals surface area contributed by atoms with Crippen LogP contribution in [0.1, 0.15) is 24.3 Å². The number of esters is 1. The Morgan fingerprint density at radius 3 is 2.57 bits per heavy atom. The van der Waals surface area contributed by atoms with Gasteiger partial charge in [0.05, 0.1) is 7.11 Å². The summed E-state index contributed by atoms with van der Waals surface area (Å²) in [6.07, 6.45) is 0.987. The predicted octanol–water partition coefficient (Wildman–Crippen LogP) is 1.82. The largest absolute Gasteiger partial charge is 0.468 e. The van der Waals surface area contributed by atoms with E-state index in [9.17, 15) is 19.7 Å². The van der Waals surface area contributed by atoms with Gasteiger partial charge in [0.1, 0.15) is 5.92 Å². The lowest BCUT2D eigenvalue weighted by atomic mass is 9.71. The van der Waals surface area contributed by atoms with Crippen molar-refractivity contribution >= 4 is 11.8 Å². The van der Waals surface area contributed by atoms with E-state index < -0.39 is 28.6 Å². The second-order valence-corrected chi connectivity index (χ2v) is 5.22. The normalized spacial score (nSPS) is 25.4. The summed E-state index contributed by atoms with van der Waals surface area (Å²) in [4.78, 5) is 34.7. The molecular weight excluding hydrogens is 274 g/mol. The van der Waals surface area contributed by atoms with Crippen LogP contribution < -0.4 is 0 Å². The van der Waals surface area contributed by atoms with Gasteiger partial charge in [0.15, 0.2) is 5.78 Å². The van der Waals surface area contributed by atoms with E-state index in [1.165, 1.54) is 7.11 Å². The number of nitro groups is 1. The molecule has 1 aromatic rings. The zero-order valence-electron chi connectivity index (χ0n) is 11.7. The van der Waals surface area contributed by atoms with Crippen molar-refractivity contribution in [1.82, 2.24) is 0 Å². The molecule has 21 heavy (non-hydrogen) atoms. The number of ether oxygens (including phenoxy) is 1. The maximum absolute atomic E-state index is 12.6. The molecule has 0 amide bonds. The quantitative estimate of drug-likeness (QED) is 0.365. The van der Waals surface area contributed by atoms with E-state index in [4.69, 9.17) is 0 Å². The summed E-state index contributed by atoms with van der Waals surface area (Å²) >= 11 is 0. The van der Waals surface area contributed by atoms with E-state index in [0.717, 1.165) is 5.56 Å². The van der Waals surface area contributed by atoms with Crippen molar-refractivity contribution in [1.29, 1.82) is 0 Å². The van der Waals surface area contributed by atoms with Crippen LogP contribution in [0.4, 0.5) is 0 Å². The minimum Gasteiger partial charge on any atom is -0.468 e. The van der Waals surface area contributed by atoms with Crippen molar-refractivity contribution in [2.24, 2.45) is 11.8 Å². The molecule has 112 valence electrons. The Morgan fingerprint density at radius 2 is 2.00 bits per heavy atom. The molecule has 1 aromatic carbocycles. The molecule has 2 rings (SSSR count). The van der Waals surface area contributed by atoms with E-state index in [-0.39, 0.29) is 12.3 Å². The maximum atomic E-state index is 12.6. The molecule has 1 fully saturated rings. The second-order valence-electron chi connectivity index (χ2n) is 5.22. The highest BCUT2D eigenvalue weighted by atomic mass is 16.6. The minimum atomic E-state index is -1.04. The number of benzene rings is 1. The summed E-state index contributed by atoms with van der Waals surface area (Å²) in [5.41, 5.74) is 0.843. The fourth-order valence-electron chi connectivity index (χ4n) is 2.98. The molecule has 0 aliphatic heterocycles. The Kier molecular flexibility index (Phi) is 4.67. The average molecular weight is 291 g/mol. The van der Waals surface area contributed by atoms with E-state index in [1.54, 1.807) is 0 Å². The second kappa shape index (κ2) is 6.47. The molecule has 0 N–H and O–H groups in total.